The lowest BCUT2D eigenvalue weighted by atomic mass is 9.90. The minimum atomic E-state index is -0.571. The maximum Gasteiger partial charge on any atom is 0.305 e. The molecule has 0 spiro atoms. The Morgan fingerprint density at radius 1 is 0.679 bits per heavy atom. The number of carbonyl (C=O) groups excluding carboxylic acids is 1. The highest BCUT2D eigenvalue weighted by molar-refractivity contribution is 5.69. The average Bonchev–Trinajstić information content (AvgIpc) is 2.59. The SMILES string of the molecule is CC(C)CCCC(C)CCCC(C)CCCC(C)CCCC(=O)OCC(C)O. The maximum atomic E-state index is 11.5. The van der Waals surface area contributed by atoms with Gasteiger partial charge in [0, 0.05) is 6.42 Å². The van der Waals surface area contributed by atoms with E-state index in [-0.39, 0.29) is 12.6 Å². The van der Waals surface area contributed by atoms with Crippen molar-refractivity contribution in [2.45, 2.75) is 125 Å². The van der Waals surface area contributed by atoms with E-state index < -0.39 is 6.10 Å². The highest BCUT2D eigenvalue weighted by Gasteiger charge is 2.10. The van der Waals surface area contributed by atoms with E-state index >= 15 is 0 Å². The third-order valence-electron chi connectivity index (χ3n) is 5.83. The first-order chi connectivity index (χ1) is 13.2. The van der Waals surface area contributed by atoms with Gasteiger partial charge in [0.1, 0.15) is 6.61 Å². The van der Waals surface area contributed by atoms with Crippen LogP contribution in [0.3, 0.4) is 0 Å². The number of aliphatic hydroxyl groups is 1. The molecule has 0 aliphatic carbocycles. The Morgan fingerprint density at radius 3 is 1.46 bits per heavy atom. The molecule has 0 aromatic carbocycles. The van der Waals surface area contributed by atoms with Gasteiger partial charge in [-0.15, -0.1) is 0 Å². The first-order valence-electron chi connectivity index (χ1n) is 12.0. The van der Waals surface area contributed by atoms with Crippen LogP contribution in [0.25, 0.3) is 0 Å². The first-order valence-corrected chi connectivity index (χ1v) is 12.0. The van der Waals surface area contributed by atoms with Crippen LogP contribution in [0.1, 0.15) is 119 Å². The fourth-order valence-electron chi connectivity index (χ4n) is 3.82. The highest BCUT2D eigenvalue weighted by atomic mass is 16.5. The van der Waals surface area contributed by atoms with E-state index in [9.17, 15) is 4.79 Å². The first kappa shape index (κ1) is 27.4. The summed E-state index contributed by atoms with van der Waals surface area (Å²) in [6.07, 6.45) is 14.1. The average molecular weight is 399 g/mol. The van der Waals surface area contributed by atoms with Crippen molar-refractivity contribution < 1.29 is 14.6 Å². The van der Waals surface area contributed by atoms with Crippen molar-refractivity contribution in [2.24, 2.45) is 23.7 Å². The molecule has 0 aliphatic heterocycles. The molecule has 1 N–H and O–H groups in total. The van der Waals surface area contributed by atoms with Crippen molar-refractivity contribution in [3.63, 3.8) is 0 Å². The van der Waals surface area contributed by atoms with Gasteiger partial charge in [-0.2, -0.15) is 0 Å². The Morgan fingerprint density at radius 2 is 1.07 bits per heavy atom. The molecular weight excluding hydrogens is 348 g/mol. The Balaban J connectivity index is 3.58. The minimum absolute atomic E-state index is 0.114. The second kappa shape index (κ2) is 17.3. The van der Waals surface area contributed by atoms with E-state index in [1.807, 2.05) is 0 Å². The lowest BCUT2D eigenvalue weighted by molar-refractivity contribution is -0.146. The summed E-state index contributed by atoms with van der Waals surface area (Å²) in [6.45, 7) is 13.5. The van der Waals surface area contributed by atoms with Crippen molar-refractivity contribution >= 4 is 5.97 Å². The largest absolute Gasteiger partial charge is 0.463 e. The van der Waals surface area contributed by atoms with Gasteiger partial charge in [0.25, 0.3) is 0 Å². The summed E-state index contributed by atoms with van der Waals surface area (Å²) < 4.78 is 5.00. The minimum Gasteiger partial charge on any atom is -0.463 e. The molecule has 0 fully saturated rings. The second-order valence-corrected chi connectivity index (χ2v) is 9.93. The molecule has 0 heterocycles. The van der Waals surface area contributed by atoms with E-state index in [1.165, 1.54) is 57.8 Å². The molecule has 4 unspecified atom stereocenters. The monoisotopic (exact) mass is 398 g/mol. The zero-order chi connectivity index (χ0) is 21.4. The Kier molecular flexibility index (Phi) is 16.9. The van der Waals surface area contributed by atoms with Crippen LogP contribution in [0.4, 0.5) is 0 Å². The van der Waals surface area contributed by atoms with Crippen LogP contribution in [0, 0.1) is 23.7 Å². The molecule has 3 nitrogen and oxygen atoms in total. The number of rotatable bonds is 18. The summed E-state index contributed by atoms with van der Waals surface area (Å²) in [6, 6.07) is 0. The van der Waals surface area contributed by atoms with Crippen molar-refractivity contribution in [3.05, 3.63) is 0 Å². The molecule has 168 valence electrons. The predicted octanol–water partition coefficient (Wildman–Crippen LogP) is 7.16. The highest BCUT2D eigenvalue weighted by Crippen LogP contribution is 2.23. The van der Waals surface area contributed by atoms with Gasteiger partial charge >= 0.3 is 5.97 Å². The molecule has 0 saturated carbocycles. The number of hydrogen-bond donors (Lipinski definition) is 1. The van der Waals surface area contributed by atoms with E-state index in [1.54, 1.807) is 6.92 Å². The van der Waals surface area contributed by atoms with Crippen LogP contribution in [-0.2, 0) is 9.53 Å². The molecule has 4 atom stereocenters. The van der Waals surface area contributed by atoms with Crippen molar-refractivity contribution in [1.82, 2.24) is 0 Å². The third kappa shape index (κ3) is 18.8. The zero-order valence-corrected chi connectivity index (χ0v) is 19.8. The molecule has 0 amide bonds. The summed E-state index contributed by atoms with van der Waals surface area (Å²) in [7, 11) is 0. The summed E-state index contributed by atoms with van der Waals surface area (Å²) in [5.41, 5.74) is 0. The Hall–Kier alpha value is -0.570. The number of aliphatic hydroxyl groups excluding tert-OH is 1. The van der Waals surface area contributed by atoms with E-state index in [4.69, 9.17) is 9.84 Å². The molecule has 0 aromatic heterocycles. The van der Waals surface area contributed by atoms with Gasteiger partial charge in [0.15, 0.2) is 0 Å². The quantitative estimate of drug-likeness (QED) is 0.249. The summed E-state index contributed by atoms with van der Waals surface area (Å²) in [5, 5.41) is 9.11. The standard InChI is InChI=1S/C25H50O3/c1-20(2)11-7-12-21(3)13-8-14-22(4)15-9-16-23(5)17-10-18-25(27)28-19-24(6)26/h20-24,26H,7-19H2,1-6H3. The molecule has 0 bridgehead atoms. The second-order valence-electron chi connectivity index (χ2n) is 9.93. The number of ether oxygens (including phenoxy) is 1. The van der Waals surface area contributed by atoms with Crippen molar-refractivity contribution in [1.29, 1.82) is 0 Å². The Labute approximate surface area is 176 Å². The maximum absolute atomic E-state index is 11.5. The fourth-order valence-corrected chi connectivity index (χ4v) is 3.82. The van der Waals surface area contributed by atoms with Gasteiger partial charge in [-0.05, 0) is 37.0 Å². The van der Waals surface area contributed by atoms with E-state index in [0.717, 1.165) is 30.6 Å². The normalized spacial score (nSPS) is 16.0. The number of carbonyl (C=O) groups is 1. The van der Waals surface area contributed by atoms with E-state index in [0.29, 0.717) is 12.3 Å². The van der Waals surface area contributed by atoms with Crippen LogP contribution < -0.4 is 0 Å². The molecule has 28 heavy (non-hydrogen) atoms. The van der Waals surface area contributed by atoms with E-state index in [2.05, 4.69) is 34.6 Å². The molecular formula is C25H50O3. The number of hydrogen-bond acceptors (Lipinski definition) is 3. The van der Waals surface area contributed by atoms with Gasteiger partial charge in [0.2, 0.25) is 0 Å². The van der Waals surface area contributed by atoms with Crippen LogP contribution in [-0.4, -0.2) is 23.8 Å². The van der Waals surface area contributed by atoms with Gasteiger partial charge in [-0.3, -0.25) is 4.79 Å². The lowest BCUT2D eigenvalue weighted by Gasteiger charge is -2.16. The van der Waals surface area contributed by atoms with Crippen LogP contribution in [0.5, 0.6) is 0 Å². The molecule has 0 saturated heterocycles. The van der Waals surface area contributed by atoms with Gasteiger partial charge < -0.3 is 9.84 Å². The fraction of sp³-hybridized carbons (Fsp3) is 0.960. The van der Waals surface area contributed by atoms with Crippen LogP contribution in [0.15, 0.2) is 0 Å². The van der Waals surface area contributed by atoms with Gasteiger partial charge in [-0.25, -0.2) is 0 Å². The molecule has 3 heteroatoms. The third-order valence-corrected chi connectivity index (χ3v) is 5.83. The van der Waals surface area contributed by atoms with Crippen LogP contribution >= 0.6 is 0 Å². The van der Waals surface area contributed by atoms with Crippen molar-refractivity contribution in [3.8, 4) is 0 Å². The van der Waals surface area contributed by atoms with Crippen LogP contribution in [0.2, 0.25) is 0 Å². The molecule has 0 aliphatic rings. The molecule has 0 aromatic rings. The predicted molar refractivity (Wildman–Crippen MR) is 120 cm³/mol. The lowest BCUT2D eigenvalue weighted by Crippen LogP contribution is -2.15. The Bertz CT molecular complexity index is 365. The van der Waals surface area contributed by atoms with Crippen molar-refractivity contribution in [2.75, 3.05) is 6.61 Å². The molecule has 0 radical (unpaired) electrons. The molecule has 0 rings (SSSR count). The zero-order valence-electron chi connectivity index (χ0n) is 19.8. The summed E-state index contributed by atoms with van der Waals surface area (Å²) >= 11 is 0. The number of esters is 1. The van der Waals surface area contributed by atoms with Gasteiger partial charge in [0.05, 0.1) is 6.10 Å². The topological polar surface area (TPSA) is 46.5 Å². The summed E-state index contributed by atoms with van der Waals surface area (Å²) in [4.78, 5) is 11.5. The summed E-state index contributed by atoms with van der Waals surface area (Å²) in [5.74, 6) is 3.07. The van der Waals surface area contributed by atoms with Gasteiger partial charge in [-0.1, -0.05) is 98.8 Å². The smallest absolute Gasteiger partial charge is 0.305 e.